The predicted molar refractivity (Wildman–Crippen MR) is 72.1 cm³/mol. The molecule has 0 saturated heterocycles. The molecule has 1 aliphatic carbocycles. The van der Waals surface area contributed by atoms with Crippen LogP contribution in [-0.2, 0) is 7.05 Å². The molecule has 1 saturated carbocycles. The Morgan fingerprint density at radius 3 is 2.59 bits per heavy atom. The number of nitrogen functional groups attached to an aromatic ring is 1. The number of aryl methyl sites for hydroxylation is 1. The number of rotatable bonds is 3. The smallest absolute Gasteiger partial charge is 0.148 e. The first kappa shape index (κ1) is 12.3. The fourth-order valence-electron chi connectivity index (χ4n) is 2.69. The largest absolute Gasteiger partial charge is 0.394 e. The van der Waals surface area contributed by atoms with E-state index in [1.54, 1.807) is 0 Å². The second kappa shape index (κ2) is 4.59. The van der Waals surface area contributed by atoms with Crippen LogP contribution in [-0.4, -0.2) is 15.8 Å². The fraction of sp³-hybridized carbons (Fsp3) is 0.769. The number of hydrogen-bond donors (Lipinski definition) is 2. The van der Waals surface area contributed by atoms with Crippen LogP contribution in [0.4, 0.5) is 11.5 Å². The van der Waals surface area contributed by atoms with Crippen molar-refractivity contribution < 1.29 is 0 Å². The molecule has 1 aliphatic rings. The minimum Gasteiger partial charge on any atom is -0.394 e. The lowest BCUT2D eigenvalue weighted by atomic mass is 10.1. The summed E-state index contributed by atoms with van der Waals surface area (Å²) in [4.78, 5) is 0. The van der Waals surface area contributed by atoms with Gasteiger partial charge < -0.3 is 11.1 Å². The van der Waals surface area contributed by atoms with Crippen LogP contribution in [0.25, 0.3) is 0 Å². The van der Waals surface area contributed by atoms with Gasteiger partial charge in [-0.1, -0.05) is 27.2 Å². The minimum atomic E-state index is 0.373. The van der Waals surface area contributed by atoms with Crippen LogP contribution in [0.5, 0.6) is 0 Å². The summed E-state index contributed by atoms with van der Waals surface area (Å²) in [5.41, 5.74) is 8.00. The SMILES string of the molecule is CC(C)c1nn(C)c(NC2CCCC2C)c1N. The zero-order valence-electron chi connectivity index (χ0n) is 11.3. The van der Waals surface area contributed by atoms with Crippen molar-refractivity contribution in [2.24, 2.45) is 13.0 Å². The van der Waals surface area contributed by atoms with Crippen molar-refractivity contribution in [2.75, 3.05) is 11.1 Å². The first-order chi connectivity index (χ1) is 8.00. The summed E-state index contributed by atoms with van der Waals surface area (Å²) in [7, 11) is 1.96. The maximum Gasteiger partial charge on any atom is 0.148 e. The average molecular weight is 236 g/mol. The summed E-state index contributed by atoms with van der Waals surface area (Å²) in [5.74, 6) is 2.09. The van der Waals surface area contributed by atoms with E-state index in [1.807, 2.05) is 11.7 Å². The molecule has 4 heteroatoms. The third-order valence-electron chi connectivity index (χ3n) is 3.84. The molecule has 0 amide bonds. The molecule has 2 unspecified atom stereocenters. The van der Waals surface area contributed by atoms with Gasteiger partial charge in [0.05, 0.1) is 11.4 Å². The van der Waals surface area contributed by atoms with Gasteiger partial charge in [-0.3, -0.25) is 4.68 Å². The Bertz CT molecular complexity index is 394. The Hall–Kier alpha value is -1.19. The monoisotopic (exact) mass is 236 g/mol. The summed E-state index contributed by atoms with van der Waals surface area (Å²) >= 11 is 0. The topological polar surface area (TPSA) is 55.9 Å². The highest BCUT2D eigenvalue weighted by molar-refractivity contribution is 5.66. The first-order valence-electron chi connectivity index (χ1n) is 6.59. The van der Waals surface area contributed by atoms with Crippen molar-refractivity contribution in [2.45, 2.75) is 52.0 Å². The minimum absolute atomic E-state index is 0.373. The molecule has 1 heterocycles. The third-order valence-corrected chi connectivity index (χ3v) is 3.84. The van der Waals surface area contributed by atoms with Gasteiger partial charge >= 0.3 is 0 Å². The molecule has 1 aromatic rings. The number of anilines is 2. The molecule has 4 nitrogen and oxygen atoms in total. The van der Waals surface area contributed by atoms with Crippen LogP contribution in [0.2, 0.25) is 0 Å². The van der Waals surface area contributed by atoms with Crippen molar-refractivity contribution in [3.63, 3.8) is 0 Å². The van der Waals surface area contributed by atoms with Crippen molar-refractivity contribution in [1.29, 1.82) is 0 Å². The Kier molecular flexibility index (Phi) is 3.31. The number of nitrogens with one attached hydrogen (secondary N) is 1. The second-order valence-electron chi connectivity index (χ2n) is 5.58. The average Bonchev–Trinajstić information content (AvgIpc) is 2.77. The lowest BCUT2D eigenvalue weighted by Gasteiger charge is -2.19. The lowest BCUT2D eigenvalue weighted by molar-refractivity contribution is 0.550. The van der Waals surface area contributed by atoms with Gasteiger partial charge in [-0.15, -0.1) is 0 Å². The zero-order chi connectivity index (χ0) is 12.6. The fourth-order valence-corrected chi connectivity index (χ4v) is 2.69. The Balaban J connectivity index is 2.20. The summed E-state index contributed by atoms with van der Waals surface area (Å²) in [6, 6.07) is 0.549. The molecule has 2 atom stereocenters. The zero-order valence-corrected chi connectivity index (χ0v) is 11.3. The van der Waals surface area contributed by atoms with Gasteiger partial charge in [0.15, 0.2) is 0 Å². The molecular formula is C13H24N4. The Morgan fingerprint density at radius 2 is 2.12 bits per heavy atom. The first-order valence-corrected chi connectivity index (χ1v) is 6.59. The quantitative estimate of drug-likeness (QED) is 0.848. The van der Waals surface area contributed by atoms with E-state index in [4.69, 9.17) is 5.73 Å². The van der Waals surface area contributed by atoms with Crippen LogP contribution in [0.15, 0.2) is 0 Å². The van der Waals surface area contributed by atoms with Crippen LogP contribution in [0.3, 0.4) is 0 Å². The highest BCUT2D eigenvalue weighted by Gasteiger charge is 2.25. The molecule has 0 spiro atoms. The van der Waals surface area contributed by atoms with Gasteiger partial charge in [-0.05, 0) is 24.7 Å². The van der Waals surface area contributed by atoms with Gasteiger partial charge in [0.1, 0.15) is 5.82 Å². The molecule has 0 aliphatic heterocycles. The molecule has 0 aromatic carbocycles. The van der Waals surface area contributed by atoms with Gasteiger partial charge in [-0.2, -0.15) is 5.10 Å². The molecule has 96 valence electrons. The Morgan fingerprint density at radius 1 is 1.41 bits per heavy atom. The van der Waals surface area contributed by atoms with Crippen LogP contribution >= 0.6 is 0 Å². The van der Waals surface area contributed by atoms with Gasteiger partial charge in [0, 0.05) is 13.1 Å². The van der Waals surface area contributed by atoms with E-state index in [2.05, 4.69) is 31.2 Å². The molecule has 1 aromatic heterocycles. The van der Waals surface area contributed by atoms with Crippen molar-refractivity contribution in [3.05, 3.63) is 5.69 Å². The molecule has 2 rings (SSSR count). The van der Waals surface area contributed by atoms with E-state index in [1.165, 1.54) is 19.3 Å². The lowest BCUT2D eigenvalue weighted by Crippen LogP contribution is -2.23. The highest BCUT2D eigenvalue weighted by Crippen LogP contribution is 2.32. The van der Waals surface area contributed by atoms with Crippen LogP contribution in [0.1, 0.15) is 51.6 Å². The number of nitrogens with two attached hydrogens (primary N) is 1. The Labute approximate surface area is 104 Å². The number of nitrogens with zero attached hydrogens (tertiary/aromatic N) is 2. The van der Waals surface area contributed by atoms with Gasteiger partial charge in [0.2, 0.25) is 0 Å². The standard InChI is InChI=1S/C13H24N4/c1-8(2)12-11(14)13(17(4)16-12)15-10-7-5-6-9(10)3/h8-10,15H,5-7,14H2,1-4H3. The molecule has 1 fully saturated rings. The van der Waals surface area contributed by atoms with E-state index in [9.17, 15) is 0 Å². The number of hydrogen-bond acceptors (Lipinski definition) is 3. The van der Waals surface area contributed by atoms with E-state index < -0.39 is 0 Å². The van der Waals surface area contributed by atoms with Crippen molar-refractivity contribution >= 4 is 11.5 Å². The number of aromatic nitrogens is 2. The van der Waals surface area contributed by atoms with Gasteiger partial charge in [0.25, 0.3) is 0 Å². The van der Waals surface area contributed by atoms with Crippen LogP contribution < -0.4 is 11.1 Å². The predicted octanol–water partition coefficient (Wildman–Crippen LogP) is 2.73. The van der Waals surface area contributed by atoms with E-state index in [0.717, 1.165) is 23.1 Å². The summed E-state index contributed by atoms with van der Waals surface area (Å²) in [5, 5.41) is 8.08. The van der Waals surface area contributed by atoms with Gasteiger partial charge in [-0.25, -0.2) is 0 Å². The third kappa shape index (κ3) is 2.26. The molecule has 0 bridgehead atoms. The van der Waals surface area contributed by atoms with E-state index in [-0.39, 0.29) is 0 Å². The normalized spacial score (nSPS) is 24.5. The molecular weight excluding hydrogens is 212 g/mol. The molecule has 17 heavy (non-hydrogen) atoms. The van der Waals surface area contributed by atoms with Crippen molar-refractivity contribution in [1.82, 2.24) is 9.78 Å². The van der Waals surface area contributed by atoms with E-state index >= 15 is 0 Å². The second-order valence-corrected chi connectivity index (χ2v) is 5.58. The summed E-state index contributed by atoms with van der Waals surface area (Å²) in [6.07, 6.45) is 3.86. The maximum atomic E-state index is 6.18. The van der Waals surface area contributed by atoms with Crippen molar-refractivity contribution in [3.8, 4) is 0 Å². The maximum absolute atomic E-state index is 6.18. The van der Waals surface area contributed by atoms with E-state index in [0.29, 0.717) is 12.0 Å². The summed E-state index contributed by atoms with van der Waals surface area (Å²) in [6.45, 7) is 6.56. The highest BCUT2D eigenvalue weighted by atomic mass is 15.3. The molecule has 3 N–H and O–H groups in total. The van der Waals surface area contributed by atoms with Crippen LogP contribution in [0, 0.1) is 5.92 Å². The molecule has 0 radical (unpaired) electrons. The summed E-state index contributed by atoms with van der Waals surface area (Å²) < 4.78 is 1.88.